The standard InChI is InChI=1S/C23H22N4O5S/c1-17-11-12-20(13-18(17)2)26(33(31,32)22-9-4-3-5-10-22)16-23(28)25-24-15-19-7-6-8-21(14-19)27(29)30/h3-15H,16H2,1-2H3,(H,25,28)/b24-15-. The van der Waals surface area contributed by atoms with Gasteiger partial charge >= 0.3 is 0 Å². The first-order valence-electron chi connectivity index (χ1n) is 9.90. The minimum Gasteiger partial charge on any atom is -0.271 e. The van der Waals surface area contributed by atoms with Crippen LogP contribution in [0.3, 0.4) is 0 Å². The number of sulfonamides is 1. The maximum Gasteiger partial charge on any atom is 0.270 e. The highest BCUT2D eigenvalue weighted by Crippen LogP contribution is 2.25. The third-order valence-electron chi connectivity index (χ3n) is 4.88. The van der Waals surface area contributed by atoms with Gasteiger partial charge in [-0.1, -0.05) is 36.4 Å². The van der Waals surface area contributed by atoms with Crippen LogP contribution in [0.5, 0.6) is 0 Å². The summed E-state index contributed by atoms with van der Waals surface area (Å²) in [6.45, 7) is 3.26. The molecule has 0 saturated heterocycles. The lowest BCUT2D eigenvalue weighted by Gasteiger charge is -2.24. The van der Waals surface area contributed by atoms with Crippen LogP contribution in [0.25, 0.3) is 0 Å². The fraction of sp³-hybridized carbons (Fsp3) is 0.130. The molecule has 0 aromatic heterocycles. The predicted molar refractivity (Wildman–Crippen MR) is 126 cm³/mol. The molecular weight excluding hydrogens is 444 g/mol. The van der Waals surface area contributed by atoms with E-state index in [1.807, 2.05) is 13.8 Å². The highest BCUT2D eigenvalue weighted by molar-refractivity contribution is 7.92. The van der Waals surface area contributed by atoms with Gasteiger partial charge in [-0.15, -0.1) is 0 Å². The second kappa shape index (κ2) is 10.0. The zero-order valence-corrected chi connectivity index (χ0v) is 18.8. The lowest BCUT2D eigenvalue weighted by atomic mass is 10.1. The second-order valence-corrected chi connectivity index (χ2v) is 9.10. The number of nitro benzene ring substituents is 1. The van der Waals surface area contributed by atoms with Gasteiger partial charge in [-0.05, 0) is 49.2 Å². The van der Waals surface area contributed by atoms with Gasteiger partial charge in [0, 0.05) is 17.7 Å². The Morgan fingerprint density at radius 3 is 2.42 bits per heavy atom. The fourth-order valence-corrected chi connectivity index (χ4v) is 4.41. The van der Waals surface area contributed by atoms with E-state index in [1.54, 1.807) is 42.5 Å². The minimum atomic E-state index is -4.03. The Hall–Kier alpha value is -4.05. The Balaban J connectivity index is 1.84. The van der Waals surface area contributed by atoms with Crippen molar-refractivity contribution >= 4 is 33.5 Å². The molecule has 0 aliphatic rings. The molecule has 0 unspecified atom stereocenters. The van der Waals surface area contributed by atoms with Gasteiger partial charge in [0.2, 0.25) is 0 Å². The molecule has 0 fully saturated rings. The van der Waals surface area contributed by atoms with Crippen LogP contribution in [-0.2, 0) is 14.8 Å². The van der Waals surface area contributed by atoms with E-state index in [2.05, 4.69) is 10.5 Å². The summed E-state index contributed by atoms with van der Waals surface area (Å²) < 4.78 is 27.6. The van der Waals surface area contributed by atoms with Crippen molar-refractivity contribution in [3.63, 3.8) is 0 Å². The topological polar surface area (TPSA) is 122 Å². The average Bonchev–Trinajstić information content (AvgIpc) is 2.80. The Bertz CT molecular complexity index is 1310. The predicted octanol–water partition coefficient (Wildman–Crippen LogP) is 3.56. The zero-order chi connectivity index (χ0) is 24.0. The molecule has 3 rings (SSSR count). The van der Waals surface area contributed by atoms with Crippen molar-refractivity contribution in [3.05, 3.63) is 99.6 Å². The smallest absolute Gasteiger partial charge is 0.270 e. The van der Waals surface area contributed by atoms with Crippen LogP contribution >= 0.6 is 0 Å². The van der Waals surface area contributed by atoms with Crippen LogP contribution in [0.15, 0.2) is 82.8 Å². The van der Waals surface area contributed by atoms with E-state index >= 15 is 0 Å². The molecule has 3 aromatic carbocycles. The van der Waals surface area contributed by atoms with Crippen LogP contribution in [0.2, 0.25) is 0 Å². The van der Waals surface area contributed by atoms with Gasteiger partial charge in [-0.2, -0.15) is 5.10 Å². The maximum atomic E-state index is 13.3. The first-order chi connectivity index (χ1) is 15.7. The Labute approximate surface area is 191 Å². The van der Waals surface area contributed by atoms with Gasteiger partial charge in [0.1, 0.15) is 6.54 Å². The molecule has 0 spiro atoms. The summed E-state index contributed by atoms with van der Waals surface area (Å²) in [7, 11) is -4.03. The number of non-ortho nitro benzene ring substituents is 1. The van der Waals surface area contributed by atoms with Crippen molar-refractivity contribution in [2.24, 2.45) is 5.10 Å². The van der Waals surface area contributed by atoms with Crippen molar-refractivity contribution in [1.82, 2.24) is 5.43 Å². The molecule has 0 radical (unpaired) electrons. The zero-order valence-electron chi connectivity index (χ0n) is 18.0. The van der Waals surface area contributed by atoms with E-state index in [0.717, 1.165) is 15.4 Å². The largest absolute Gasteiger partial charge is 0.271 e. The quantitative estimate of drug-likeness (QED) is 0.309. The number of anilines is 1. The second-order valence-electron chi connectivity index (χ2n) is 7.24. The van der Waals surface area contributed by atoms with Crippen molar-refractivity contribution in [2.45, 2.75) is 18.7 Å². The van der Waals surface area contributed by atoms with E-state index in [1.165, 1.54) is 36.5 Å². The van der Waals surface area contributed by atoms with Gasteiger partial charge in [0.25, 0.3) is 21.6 Å². The number of amides is 1. The number of carbonyl (C=O) groups is 1. The number of nitrogens with one attached hydrogen (secondary N) is 1. The summed E-state index contributed by atoms with van der Waals surface area (Å²) in [4.78, 5) is 23.0. The third kappa shape index (κ3) is 5.80. The molecule has 9 nitrogen and oxygen atoms in total. The van der Waals surface area contributed by atoms with Crippen molar-refractivity contribution < 1.29 is 18.1 Å². The molecule has 1 amide bonds. The Kier molecular flexibility index (Phi) is 7.19. The van der Waals surface area contributed by atoms with Crippen LogP contribution in [0.4, 0.5) is 11.4 Å². The molecule has 0 aliphatic carbocycles. The summed E-state index contributed by atoms with van der Waals surface area (Å²) in [5, 5.41) is 14.7. The summed E-state index contributed by atoms with van der Waals surface area (Å²) in [6.07, 6.45) is 1.25. The van der Waals surface area contributed by atoms with E-state index in [9.17, 15) is 23.3 Å². The lowest BCUT2D eigenvalue weighted by Crippen LogP contribution is -2.39. The third-order valence-corrected chi connectivity index (χ3v) is 6.67. The Morgan fingerprint density at radius 2 is 1.76 bits per heavy atom. The van der Waals surface area contributed by atoms with Crippen LogP contribution in [0, 0.1) is 24.0 Å². The van der Waals surface area contributed by atoms with Crippen molar-refractivity contribution in [1.29, 1.82) is 0 Å². The number of carbonyl (C=O) groups excluding carboxylic acids is 1. The number of hydrogen-bond acceptors (Lipinski definition) is 6. The van der Waals surface area contributed by atoms with Crippen LogP contribution in [0.1, 0.15) is 16.7 Å². The summed E-state index contributed by atoms with van der Waals surface area (Å²) in [5.41, 5.74) is 4.80. The van der Waals surface area contributed by atoms with E-state index in [4.69, 9.17) is 0 Å². The number of benzene rings is 3. The van der Waals surface area contributed by atoms with E-state index < -0.39 is 27.4 Å². The normalized spacial score (nSPS) is 11.3. The number of nitrogens with zero attached hydrogens (tertiary/aromatic N) is 3. The van der Waals surface area contributed by atoms with E-state index in [-0.39, 0.29) is 10.6 Å². The van der Waals surface area contributed by atoms with Gasteiger partial charge in [-0.3, -0.25) is 19.2 Å². The first kappa shape index (κ1) is 23.6. The molecule has 0 bridgehead atoms. The molecule has 33 heavy (non-hydrogen) atoms. The highest BCUT2D eigenvalue weighted by Gasteiger charge is 2.27. The summed E-state index contributed by atoms with van der Waals surface area (Å²) >= 11 is 0. The van der Waals surface area contributed by atoms with Crippen molar-refractivity contribution in [2.75, 3.05) is 10.8 Å². The maximum absolute atomic E-state index is 13.3. The lowest BCUT2D eigenvalue weighted by molar-refractivity contribution is -0.384. The fourth-order valence-electron chi connectivity index (χ4n) is 2.98. The molecule has 3 aromatic rings. The Morgan fingerprint density at radius 1 is 1.03 bits per heavy atom. The van der Waals surface area contributed by atoms with E-state index in [0.29, 0.717) is 11.3 Å². The molecule has 1 N–H and O–H groups in total. The molecule has 170 valence electrons. The first-order valence-corrected chi connectivity index (χ1v) is 11.3. The number of aryl methyl sites for hydroxylation is 2. The number of hydrogen-bond donors (Lipinski definition) is 1. The van der Waals surface area contributed by atoms with Gasteiger partial charge < -0.3 is 0 Å². The van der Waals surface area contributed by atoms with Gasteiger partial charge in [0.05, 0.1) is 21.7 Å². The minimum absolute atomic E-state index is 0.0520. The molecule has 0 aliphatic heterocycles. The summed E-state index contributed by atoms with van der Waals surface area (Å²) in [6, 6.07) is 18.7. The number of hydrazone groups is 1. The highest BCUT2D eigenvalue weighted by atomic mass is 32.2. The van der Waals surface area contributed by atoms with Crippen molar-refractivity contribution in [3.8, 4) is 0 Å². The molecule has 0 saturated carbocycles. The monoisotopic (exact) mass is 466 g/mol. The molecule has 0 heterocycles. The number of rotatable bonds is 8. The van der Waals surface area contributed by atoms with Gasteiger partial charge in [0.15, 0.2) is 0 Å². The van der Waals surface area contributed by atoms with Crippen LogP contribution in [-0.4, -0.2) is 32.0 Å². The average molecular weight is 467 g/mol. The SMILES string of the molecule is Cc1ccc(N(CC(=O)N/N=C\c2cccc([N+](=O)[O-])c2)S(=O)(=O)c2ccccc2)cc1C. The van der Waals surface area contributed by atoms with Crippen LogP contribution < -0.4 is 9.73 Å². The number of nitro groups is 1. The summed E-state index contributed by atoms with van der Waals surface area (Å²) in [5.74, 6) is -0.672. The molecule has 10 heteroatoms. The molecule has 0 atom stereocenters. The molecular formula is C23H22N4O5S. The van der Waals surface area contributed by atoms with Gasteiger partial charge in [-0.25, -0.2) is 13.8 Å².